The third kappa shape index (κ3) is 7.99. The first kappa shape index (κ1) is 19.2. The molecule has 2 rings (SSSR count). The van der Waals surface area contributed by atoms with Crippen LogP contribution in [0.1, 0.15) is 36.8 Å². The molecule has 0 saturated heterocycles. The summed E-state index contributed by atoms with van der Waals surface area (Å²) in [6.07, 6.45) is 6.38. The van der Waals surface area contributed by atoms with E-state index in [9.17, 15) is 4.79 Å². The van der Waals surface area contributed by atoms with Crippen LogP contribution in [0.15, 0.2) is 60.7 Å². The highest BCUT2D eigenvalue weighted by molar-refractivity contribution is 5.78. The van der Waals surface area contributed by atoms with Gasteiger partial charge in [0.2, 0.25) is 5.91 Å². The summed E-state index contributed by atoms with van der Waals surface area (Å²) in [6, 6.07) is 21.4. The Balaban J connectivity index is 1.78. The molecule has 0 atom stereocenters. The van der Waals surface area contributed by atoms with E-state index in [1.807, 2.05) is 12.1 Å². The van der Waals surface area contributed by atoms with Crippen LogP contribution in [0.4, 0.5) is 0 Å². The summed E-state index contributed by atoms with van der Waals surface area (Å²) in [5.74, 6) is 0.0897. The van der Waals surface area contributed by atoms with Crippen molar-refractivity contribution in [3.63, 3.8) is 0 Å². The number of likely N-dealkylation sites (N-methyl/N-ethyl adjacent to an activating group) is 1. The van der Waals surface area contributed by atoms with E-state index >= 15 is 0 Å². The van der Waals surface area contributed by atoms with Gasteiger partial charge in [-0.25, -0.2) is 0 Å². The van der Waals surface area contributed by atoms with Crippen molar-refractivity contribution < 1.29 is 4.79 Å². The maximum absolute atomic E-state index is 11.9. The minimum absolute atomic E-state index is 0.0897. The molecule has 2 aromatic rings. The smallest absolute Gasteiger partial charge is 0.234 e. The molecule has 0 aliphatic rings. The normalized spacial score (nSPS) is 10.8. The second-order valence-corrected chi connectivity index (χ2v) is 6.55. The third-order valence-electron chi connectivity index (χ3n) is 4.42. The van der Waals surface area contributed by atoms with Gasteiger partial charge in [0.15, 0.2) is 0 Å². The predicted molar refractivity (Wildman–Crippen MR) is 105 cm³/mol. The van der Waals surface area contributed by atoms with Crippen LogP contribution < -0.4 is 10.6 Å². The van der Waals surface area contributed by atoms with Crippen molar-refractivity contribution in [1.29, 1.82) is 0 Å². The van der Waals surface area contributed by atoms with Crippen molar-refractivity contribution in [2.75, 3.05) is 13.6 Å². The fraction of sp³-hybridized carbons (Fsp3) is 0.409. The molecule has 0 radical (unpaired) electrons. The van der Waals surface area contributed by atoms with Crippen molar-refractivity contribution in [3.05, 3.63) is 71.8 Å². The van der Waals surface area contributed by atoms with Crippen molar-refractivity contribution in [3.8, 4) is 0 Å². The summed E-state index contributed by atoms with van der Waals surface area (Å²) in [4.78, 5) is 11.9. The van der Waals surface area contributed by atoms with Gasteiger partial charge >= 0.3 is 0 Å². The van der Waals surface area contributed by atoms with E-state index in [4.69, 9.17) is 0 Å². The fourth-order valence-electron chi connectivity index (χ4n) is 3.12. The zero-order valence-electron chi connectivity index (χ0n) is 15.2. The summed E-state index contributed by atoms with van der Waals surface area (Å²) >= 11 is 0. The van der Waals surface area contributed by atoms with Crippen molar-refractivity contribution in [2.24, 2.45) is 0 Å². The summed E-state index contributed by atoms with van der Waals surface area (Å²) in [7, 11) is 1.80. The Morgan fingerprint density at radius 3 is 1.76 bits per heavy atom. The molecular weight excluding hydrogens is 308 g/mol. The van der Waals surface area contributed by atoms with Gasteiger partial charge in [-0.2, -0.15) is 0 Å². The van der Waals surface area contributed by atoms with Gasteiger partial charge in [-0.3, -0.25) is 4.79 Å². The van der Waals surface area contributed by atoms with E-state index in [1.54, 1.807) is 7.05 Å². The molecule has 1 amide bonds. The molecule has 0 saturated carbocycles. The molecule has 0 aliphatic heterocycles. The standard InChI is InChI=1S/C22H30N2O/c1-23-18-22(25)24-21(16-8-14-19-10-4-2-5-11-19)17-9-15-20-12-6-3-7-13-20/h2-7,10-13,21,23H,8-9,14-18H2,1H3,(H,24,25). The number of nitrogens with one attached hydrogen (secondary N) is 2. The highest BCUT2D eigenvalue weighted by Crippen LogP contribution is 2.12. The average molecular weight is 338 g/mol. The quantitative estimate of drug-likeness (QED) is 0.655. The van der Waals surface area contributed by atoms with Gasteiger partial charge in [0.1, 0.15) is 0 Å². The molecule has 0 heterocycles. The Bertz CT molecular complexity index is 552. The van der Waals surface area contributed by atoms with E-state index in [1.165, 1.54) is 11.1 Å². The first-order chi connectivity index (χ1) is 12.3. The van der Waals surface area contributed by atoms with Crippen LogP contribution in [0.25, 0.3) is 0 Å². The van der Waals surface area contributed by atoms with Crippen LogP contribution in [-0.4, -0.2) is 25.5 Å². The molecule has 0 fully saturated rings. The van der Waals surface area contributed by atoms with E-state index in [-0.39, 0.29) is 11.9 Å². The van der Waals surface area contributed by atoms with Gasteiger partial charge in [0.25, 0.3) is 0 Å². The molecule has 0 aliphatic carbocycles. The van der Waals surface area contributed by atoms with Gasteiger partial charge in [-0.05, 0) is 56.7 Å². The van der Waals surface area contributed by atoms with E-state index in [0.29, 0.717) is 6.54 Å². The molecule has 0 bridgehead atoms. The SMILES string of the molecule is CNCC(=O)NC(CCCc1ccccc1)CCCc1ccccc1. The third-order valence-corrected chi connectivity index (χ3v) is 4.42. The van der Waals surface area contributed by atoms with Gasteiger partial charge < -0.3 is 10.6 Å². The first-order valence-electron chi connectivity index (χ1n) is 9.29. The molecule has 3 nitrogen and oxygen atoms in total. The Morgan fingerprint density at radius 2 is 1.32 bits per heavy atom. The number of carbonyl (C=O) groups is 1. The lowest BCUT2D eigenvalue weighted by atomic mass is 9.99. The molecule has 0 spiro atoms. The predicted octanol–water partition coefficient (Wildman–Crippen LogP) is 3.74. The second kappa shape index (κ2) is 11.4. The minimum Gasteiger partial charge on any atom is -0.352 e. The van der Waals surface area contributed by atoms with Gasteiger partial charge in [0.05, 0.1) is 6.54 Å². The molecule has 0 unspecified atom stereocenters. The largest absolute Gasteiger partial charge is 0.352 e. The zero-order chi connectivity index (χ0) is 17.7. The van der Waals surface area contributed by atoms with Crippen LogP contribution in [0.5, 0.6) is 0 Å². The van der Waals surface area contributed by atoms with Crippen LogP contribution in [-0.2, 0) is 17.6 Å². The molecule has 25 heavy (non-hydrogen) atoms. The molecule has 0 aromatic heterocycles. The lowest BCUT2D eigenvalue weighted by molar-refractivity contribution is -0.120. The minimum atomic E-state index is 0.0897. The molecule has 3 heteroatoms. The topological polar surface area (TPSA) is 41.1 Å². The Hall–Kier alpha value is -2.13. The number of benzene rings is 2. The Kier molecular flexibility index (Phi) is 8.78. The first-order valence-corrected chi connectivity index (χ1v) is 9.29. The number of aryl methyl sites for hydroxylation is 2. The number of carbonyl (C=O) groups excluding carboxylic acids is 1. The van der Waals surface area contributed by atoms with Gasteiger partial charge in [0, 0.05) is 6.04 Å². The molecular formula is C22H30N2O. The molecule has 134 valence electrons. The maximum Gasteiger partial charge on any atom is 0.234 e. The average Bonchev–Trinajstić information content (AvgIpc) is 2.63. The Morgan fingerprint density at radius 1 is 0.840 bits per heavy atom. The lowest BCUT2D eigenvalue weighted by Gasteiger charge is -2.19. The lowest BCUT2D eigenvalue weighted by Crippen LogP contribution is -2.39. The second-order valence-electron chi connectivity index (χ2n) is 6.55. The van der Waals surface area contributed by atoms with Gasteiger partial charge in [-0.1, -0.05) is 60.7 Å². The number of amides is 1. The molecule has 2 aromatic carbocycles. The van der Waals surface area contributed by atoms with Crippen molar-refractivity contribution in [2.45, 2.75) is 44.6 Å². The number of hydrogen-bond acceptors (Lipinski definition) is 2. The fourth-order valence-corrected chi connectivity index (χ4v) is 3.12. The Labute approximate surface area is 151 Å². The van der Waals surface area contributed by atoms with Gasteiger partial charge in [-0.15, -0.1) is 0 Å². The van der Waals surface area contributed by atoms with E-state index in [0.717, 1.165) is 38.5 Å². The van der Waals surface area contributed by atoms with Crippen molar-refractivity contribution >= 4 is 5.91 Å². The summed E-state index contributed by atoms with van der Waals surface area (Å²) in [5.41, 5.74) is 2.74. The van der Waals surface area contributed by atoms with Crippen LogP contribution in [0, 0.1) is 0 Å². The molecule has 2 N–H and O–H groups in total. The highest BCUT2D eigenvalue weighted by Gasteiger charge is 2.12. The van der Waals surface area contributed by atoms with E-state index < -0.39 is 0 Å². The maximum atomic E-state index is 11.9. The van der Waals surface area contributed by atoms with Crippen LogP contribution >= 0.6 is 0 Å². The summed E-state index contributed by atoms with van der Waals surface area (Å²) < 4.78 is 0. The number of rotatable bonds is 11. The summed E-state index contributed by atoms with van der Waals surface area (Å²) in [5, 5.41) is 6.11. The highest BCUT2D eigenvalue weighted by atomic mass is 16.1. The van der Waals surface area contributed by atoms with Crippen LogP contribution in [0.3, 0.4) is 0 Å². The van der Waals surface area contributed by atoms with E-state index in [2.05, 4.69) is 59.2 Å². The zero-order valence-corrected chi connectivity index (χ0v) is 15.2. The van der Waals surface area contributed by atoms with Crippen molar-refractivity contribution in [1.82, 2.24) is 10.6 Å². The number of hydrogen-bond donors (Lipinski definition) is 2. The van der Waals surface area contributed by atoms with Crippen LogP contribution in [0.2, 0.25) is 0 Å². The summed E-state index contributed by atoms with van der Waals surface area (Å²) in [6.45, 7) is 0.383. The monoisotopic (exact) mass is 338 g/mol.